The fourth-order valence-electron chi connectivity index (χ4n) is 3.95. The van der Waals surface area contributed by atoms with Crippen molar-refractivity contribution in [3.05, 3.63) is 47.9 Å². The molecule has 7 heteroatoms. The predicted octanol–water partition coefficient (Wildman–Crippen LogP) is 2.92. The third-order valence-corrected chi connectivity index (χ3v) is 7.59. The van der Waals surface area contributed by atoms with E-state index >= 15 is 0 Å². The van der Waals surface area contributed by atoms with Crippen molar-refractivity contribution in [1.29, 1.82) is 0 Å². The van der Waals surface area contributed by atoms with Crippen molar-refractivity contribution in [3.63, 3.8) is 0 Å². The van der Waals surface area contributed by atoms with Crippen molar-refractivity contribution in [2.75, 3.05) is 18.0 Å². The van der Waals surface area contributed by atoms with Gasteiger partial charge in [-0.2, -0.15) is 4.31 Å². The molecule has 1 aliphatic heterocycles. The smallest absolute Gasteiger partial charge is 0.243 e. The molecule has 1 aliphatic carbocycles. The Morgan fingerprint density at radius 2 is 1.74 bits per heavy atom. The lowest BCUT2D eigenvalue weighted by Gasteiger charge is -2.39. The van der Waals surface area contributed by atoms with Gasteiger partial charge in [-0.05, 0) is 62.8 Å². The van der Waals surface area contributed by atoms with Gasteiger partial charge in [0.1, 0.15) is 12.1 Å². The molecule has 144 valence electrons. The molecule has 0 bridgehead atoms. The zero-order chi connectivity index (χ0) is 19.0. The molecule has 0 N–H and O–H groups in total. The highest BCUT2D eigenvalue weighted by molar-refractivity contribution is 7.89. The van der Waals surface area contributed by atoms with Gasteiger partial charge < -0.3 is 4.90 Å². The Morgan fingerprint density at radius 3 is 2.37 bits per heavy atom. The van der Waals surface area contributed by atoms with E-state index in [4.69, 9.17) is 0 Å². The molecule has 0 amide bonds. The van der Waals surface area contributed by atoms with Crippen LogP contribution in [0.3, 0.4) is 0 Å². The quantitative estimate of drug-likeness (QED) is 0.790. The fourth-order valence-corrected chi connectivity index (χ4v) is 5.73. The lowest BCUT2D eigenvalue weighted by atomic mass is 10.0. The highest BCUT2D eigenvalue weighted by Crippen LogP contribution is 2.35. The van der Waals surface area contributed by atoms with Crippen LogP contribution in [0.2, 0.25) is 0 Å². The van der Waals surface area contributed by atoms with Gasteiger partial charge in [0.25, 0.3) is 0 Å². The summed E-state index contributed by atoms with van der Waals surface area (Å²) in [4.78, 5) is 11.3. The molecule has 1 saturated carbocycles. The van der Waals surface area contributed by atoms with Crippen LogP contribution in [0.5, 0.6) is 0 Å². The van der Waals surface area contributed by atoms with E-state index in [1.54, 1.807) is 22.9 Å². The lowest BCUT2D eigenvalue weighted by molar-refractivity contribution is 0.308. The van der Waals surface area contributed by atoms with E-state index in [2.05, 4.69) is 14.9 Å². The zero-order valence-electron chi connectivity index (χ0n) is 15.9. The van der Waals surface area contributed by atoms with Gasteiger partial charge in [0.05, 0.1) is 4.90 Å². The number of nitrogens with zero attached hydrogens (tertiary/aromatic N) is 4. The van der Waals surface area contributed by atoms with Gasteiger partial charge in [0, 0.05) is 31.4 Å². The molecule has 2 fully saturated rings. The van der Waals surface area contributed by atoms with Crippen LogP contribution in [0.15, 0.2) is 41.7 Å². The van der Waals surface area contributed by atoms with Gasteiger partial charge in [-0.1, -0.05) is 12.1 Å². The number of aryl methyl sites for hydroxylation is 2. The van der Waals surface area contributed by atoms with Crippen LogP contribution >= 0.6 is 0 Å². The van der Waals surface area contributed by atoms with Crippen LogP contribution in [0.4, 0.5) is 5.82 Å². The molecule has 0 spiro atoms. The number of hydrogen-bond acceptors (Lipinski definition) is 5. The molecule has 0 unspecified atom stereocenters. The molecule has 0 atom stereocenters. The van der Waals surface area contributed by atoms with Gasteiger partial charge in [-0.3, -0.25) is 0 Å². The number of piperidine rings is 1. The minimum atomic E-state index is -3.44. The van der Waals surface area contributed by atoms with Crippen LogP contribution in [-0.2, 0) is 10.0 Å². The van der Waals surface area contributed by atoms with E-state index in [9.17, 15) is 8.42 Å². The Hall–Kier alpha value is -1.99. The maximum absolute atomic E-state index is 13.1. The molecule has 2 heterocycles. The van der Waals surface area contributed by atoms with Crippen molar-refractivity contribution in [3.8, 4) is 0 Å². The van der Waals surface area contributed by atoms with Crippen LogP contribution in [-0.4, -0.2) is 47.9 Å². The fraction of sp³-hybridized carbons (Fsp3) is 0.500. The Balaban J connectivity index is 1.50. The van der Waals surface area contributed by atoms with Gasteiger partial charge in [-0.15, -0.1) is 0 Å². The second-order valence-corrected chi connectivity index (χ2v) is 9.52. The highest BCUT2D eigenvalue weighted by Gasteiger charge is 2.38. The largest absolute Gasteiger partial charge is 0.350 e. The minimum Gasteiger partial charge on any atom is -0.350 e. The first kappa shape index (κ1) is 18.4. The summed E-state index contributed by atoms with van der Waals surface area (Å²) >= 11 is 0. The Bertz CT molecular complexity index is 905. The van der Waals surface area contributed by atoms with E-state index in [0.29, 0.717) is 30.1 Å². The third-order valence-electron chi connectivity index (χ3n) is 5.55. The highest BCUT2D eigenvalue weighted by atomic mass is 32.2. The number of rotatable bonds is 5. The SMILES string of the molecule is Cc1ccc(C)c(S(=O)(=O)N2CCC(N(c3ccncn3)C3CC3)CC2)c1. The second kappa shape index (κ2) is 7.20. The summed E-state index contributed by atoms with van der Waals surface area (Å²) in [6.07, 6.45) is 7.38. The maximum Gasteiger partial charge on any atom is 0.243 e. The number of aromatic nitrogens is 2. The summed E-state index contributed by atoms with van der Waals surface area (Å²) < 4.78 is 27.9. The van der Waals surface area contributed by atoms with E-state index in [-0.39, 0.29) is 0 Å². The van der Waals surface area contributed by atoms with Crippen LogP contribution < -0.4 is 4.90 Å². The summed E-state index contributed by atoms with van der Waals surface area (Å²) in [5.41, 5.74) is 1.78. The second-order valence-electron chi connectivity index (χ2n) is 7.61. The molecule has 2 aromatic rings. The van der Waals surface area contributed by atoms with E-state index in [0.717, 1.165) is 29.8 Å². The van der Waals surface area contributed by atoms with Gasteiger partial charge in [-0.25, -0.2) is 18.4 Å². The Labute approximate surface area is 161 Å². The van der Waals surface area contributed by atoms with E-state index in [1.165, 1.54) is 12.8 Å². The standard InChI is InChI=1S/C20H26N4O2S/c1-15-3-4-16(2)19(13-15)27(25,26)23-11-8-18(9-12-23)24(17-5-6-17)20-7-10-21-14-22-20/h3-4,7,10,13-14,17-18H,5-6,8-9,11-12H2,1-2H3. The van der Waals surface area contributed by atoms with E-state index in [1.807, 2.05) is 32.0 Å². The summed E-state index contributed by atoms with van der Waals surface area (Å²) in [5.74, 6) is 0.961. The number of benzene rings is 1. The summed E-state index contributed by atoms with van der Waals surface area (Å²) in [6, 6.07) is 8.45. The first-order valence-electron chi connectivity index (χ1n) is 9.58. The molecule has 4 rings (SSSR count). The molecule has 1 aromatic carbocycles. The van der Waals surface area contributed by atoms with Crippen molar-refractivity contribution in [2.45, 2.75) is 56.5 Å². The summed E-state index contributed by atoms with van der Waals surface area (Å²) in [5, 5.41) is 0. The number of anilines is 1. The van der Waals surface area contributed by atoms with Gasteiger partial charge in [0.2, 0.25) is 10.0 Å². The third kappa shape index (κ3) is 3.71. The van der Waals surface area contributed by atoms with Crippen LogP contribution in [0, 0.1) is 13.8 Å². The minimum absolute atomic E-state index is 0.331. The maximum atomic E-state index is 13.1. The molecule has 0 radical (unpaired) electrons. The molecule has 1 aromatic heterocycles. The topological polar surface area (TPSA) is 66.4 Å². The molecule has 6 nitrogen and oxygen atoms in total. The normalized spacial score (nSPS) is 19.2. The van der Waals surface area contributed by atoms with Crippen molar-refractivity contribution in [1.82, 2.24) is 14.3 Å². The van der Waals surface area contributed by atoms with Crippen LogP contribution in [0.25, 0.3) is 0 Å². The average Bonchev–Trinajstić information content (AvgIpc) is 3.50. The summed E-state index contributed by atoms with van der Waals surface area (Å²) in [7, 11) is -3.44. The van der Waals surface area contributed by atoms with Crippen LogP contribution in [0.1, 0.15) is 36.8 Å². The summed E-state index contributed by atoms with van der Waals surface area (Å²) in [6.45, 7) is 4.90. The molecule has 2 aliphatic rings. The Kier molecular flexibility index (Phi) is 4.90. The molecular formula is C20H26N4O2S. The molecular weight excluding hydrogens is 360 g/mol. The number of sulfonamides is 1. The Morgan fingerprint density at radius 1 is 1.04 bits per heavy atom. The predicted molar refractivity (Wildman–Crippen MR) is 105 cm³/mol. The van der Waals surface area contributed by atoms with Gasteiger partial charge >= 0.3 is 0 Å². The van der Waals surface area contributed by atoms with Crippen molar-refractivity contribution < 1.29 is 8.42 Å². The average molecular weight is 387 g/mol. The van der Waals surface area contributed by atoms with Gasteiger partial charge in [0.15, 0.2) is 0 Å². The first-order chi connectivity index (χ1) is 13.0. The number of hydrogen-bond donors (Lipinski definition) is 0. The van der Waals surface area contributed by atoms with Crippen molar-refractivity contribution >= 4 is 15.8 Å². The van der Waals surface area contributed by atoms with Crippen molar-refractivity contribution in [2.24, 2.45) is 0 Å². The molecule has 1 saturated heterocycles. The monoisotopic (exact) mass is 386 g/mol. The zero-order valence-corrected chi connectivity index (χ0v) is 16.7. The lowest BCUT2D eigenvalue weighted by Crippen LogP contribution is -2.48. The first-order valence-corrected chi connectivity index (χ1v) is 11.0. The van der Waals surface area contributed by atoms with E-state index < -0.39 is 10.0 Å². The molecule has 27 heavy (non-hydrogen) atoms.